The van der Waals surface area contributed by atoms with Crippen molar-refractivity contribution in [1.29, 1.82) is 0 Å². The van der Waals surface area contributed by atoms with Gasteiger partial charge in [0.15, 0.2) is 4.34 Å². The van der Waals surface area contributed by atoms with Gasteiger partial charge in [-0.25, -0.2) is 0 Å². The number of aromatic nitrogens is 2. The highest BCUT2D eigenvalue weighted by molar-refractivity contribution is 8.00. The Hall–Kier alpha value is -0.330. The first-order valence-electron chi connectivity index (χ1n) is 4.14. The van der Waals surface area contributed by atoms with Crippen molar-refractivity contribution < 1.29 is 4.74 Å². The van der Waals surface area contributed by atoms with Crippen LogP contribution in [0.25, 0.3) is 0 Å². The fourth-order valence-corrected chi connectivity index (χ4v) is 2.23. The smallest absolute Gasteiger partial charge is 0.203 e. The molecule has 0 aromatic carbocycles. The summed E-state index contributed by atoms with van der Waals surface area (Å²) in [5.41, 5.74) is 5.43. The van der Waals surface area contributed by atoms with Gasteiger partial charge in [0.2, 0.25) is 5.13 Å². The topological polar surface area (TPSA) is 61.0 Å². The molecule has 0 saturated heterocycles. The molecule has 0 spiro atoms. The van der Waals surface area contributed by atoms with Gasteiger partial charge in [0.25, 0.3) is 0 Å². The number of nitrogens with two attached hydrogens (primary N) is 1. The zero-order chi connectivity index (χ0) is 9.10. The van der Waals surface area contributed by atoms with Crippen LogP contribution in [0.1, 0.15) is 12.8 Å². The van der Waals surface area contributed by atoms with Gasteiger partial charge in [-0.3, -0.25) is 0 Å². The van der Waals surface area contributed by atoms with E-state index in [1.165, 1.54) is 24.2 Å². The first kappa shape index (κ1) is 9.23. The van der Waals surface area contributed by atoms with Crippen LogP contribution in [-0.4, -0.2) is 22.7 Å². The summed E-state index contributed by atoms with van der Waals surface area (Å²) in [7, 11) is 0. The van der Waals surface area contributed by atoms with Crippen LogP contribution >= 0.6 is 23.1 Å². The number of anilines is 1. The predicted octanol–water partition coefficient (Wildman–Crippen LogP) is 1.60. The summed E-state index contributed by atoms with van der Waals surface area (Å²) >= 11 is 2.95. The molecule has 1 aliphatic carbocycles. The van der Waals surface area contributed by atoms with Gasteiger partial charge in [-0.05, 0) is 18.8 Å². The average molecular weight is 217 g/mol. The third-order valence-electron chi connectivity index (χ3n) is 1.74. The largest absolute Gasteiger partial charge is 0.374 e. The van der Waals surface area contributed by atoms with Gasteiger partial charge in [0.05, 0.1) is 12.5 Å². The number of nitrogens with zero attached hydrogens (tertiary/aromatic N) is 2. The van der Waals surface area contributed by atoms with Gasteiger partial charge < -0.3 is 10.5 Å². The number of hydrogen-bond donors (Lipinski definition) is 1. The van der Waals surface area contributed by atoms with Crippen molar-refractivity contribution in [2.75, 3.05) is 18.3 Å². The van der Waals surface area contributed by atoms with Crippen molar-refractivity contribution in [3.63, 3.8) is 0 Å². The van der Waals surface area contributed by atoms with Crippen LogP contribution in [0.2, 0.25) is 0 Å². The molecule has 0 amide bonds. The van der Waals surface area contributed by atoms with Gasteiger partial charge in [-0.1, -0.05) is 23.1 Å². The molecule has 0 bridgehead atoms. The van der Waals surface area contributed by atoms with E-state index in [0.29, 0.717) is 11.1 Å². The van der Waals surface area contributed by atoms with E-state index in [9.17, 15) is 0 Å². The Labute approximate surface area is 84.9 Å². The highest BCUT2D eigenvalue weighted by atomic mass is 32.2. The highest BCUT2D eigenvalue weighted by Crippen LogP contribution is 2.30. The zero-order valence-electron chi connectivity index (χ0n) is 7.10. The Balaban J connectivity index is 1.61. The molecule has 72 valence electrons. The molecule has 0 atom stereocenters. The van der Waals surface area contributed by atoms with Gasteiger partial charge in [0, 0.05) is 0 Å². The fraction of sp³-hybridized carbons (Fsp3) is 0.714. The average Bonchev–Trinajstić information content (AvgIpc) is 2.84. The summed E-state index contributed by atoms with van der Waals surface area (Å²) in [6.45, 7) is 0.890. The molecule has 6 heteroatoms. The number of thioether (sulfide) groups is 1. The molecule has 0 unspecified atom stereocenters. The number of hydrogen-bond acceptors (Lipinski definition) is 6. The van der Waals surface area contributed by atoms with E-state index in [-0.39, 0.29) is 0 Å². The lowest BCUT2D eigenvalue weighted by molar-refractivity contribution is 0.171. The lowest BCUT2D eigenvalue weighted by Crippen LogP contribution is -1.94. The number of ether oxygens (including phenoxy) is 1. The van der Waals surface area contributed by atoms with Crippen LogP contribution in [-0.2, 0) is 4.74 Å². The molecule has 1 aromatic heterocycles. The van der Waals surface area contributed by atoms with Gasteiger partial charge in [0.1, 0.15) is 0 Å². The maximum Gasteiger partial charge on any atom is 0.203 e. The molecule has 1 saturated carbocycles. The molecule has 4 nitrogen and oxygen atoms in total. The monoisotopic (exact) mass is 217 g/mol. The van der Waals surface area contributed by atoms with Gasteiger partial charge in [-0.2, -0.15) is 0 Å². The second-order valence-electron chi connectivity index (χ2n) is 2.98. The Morgan fingerprint density at radius 3 is 3.00 bits per heavy atom. The highest BCUT2D eigenvalue weighted by Gasteiger charge is 2.21. The van der Waals surface area contributed by atoms with Crippen LogP contribution in [0.5, 0.6) is 0 Å². The van der Waals surface area contributed by atoms with E-state index >= 15 is 0 Å². The summed E-state index contributed by atoms with van der Waals surface area (Å²) in [5.74, 6) is 1.48. The lowest BCUT2D eigenvalue weighted by atomic mass is 10.5. The standard InChI is InChI=1S/C7H11N3OS2/c8-6-9-10-7(13-6)12-4-11-3-5-1-2-5/h5H,1-4H2,(H2,8,9). The second kappa shape index (κ2) is 4.26. The zero-order valence-corrected chi connectivity index (χ0v) is 8.74. The van der Waals surface area contributed by atoms with E-state index in [1.54, 1.807) is 11.8 Å². The molecule has 1 fully saturated rings. The van der Waals surface area contributed by atoms with E-state index in [0.717, 1.165) is 16.9 Å². The number of nitrogen functional groups attached to an aromatic ring is 1. The van der Waals surface area contributed by atoms with Crippen molar-refractivity contribution >= 4 is 28.2 Å². The van der Waals surface area contributed by atoms with Crippen LogP contribution in [0, 0.1) is 5.92 Å². The lowest BCUT2D eigenvalue weighted by Gasteiger charge is -1.98. The molecule has 0 radical (unpaired) electrons. The molecule has 1 aromatic rings. The SMILES string of the molecule is Nc1nnc(SCOCC2CC2)s1. The van der Waals surface area contributed by atoms with Crippen molar-refractivity contribution in [3.8, 4) is 0 Å². The predicted molar refractivity (Wildman–Crippen MR) is 53.7 cm³/mol. The summed E-state index contributed by atoms with van der Waals surface area (Å²) in [6.07, 6.45) is 2.66. The minimum absolute atomic E-state index is 0.518. The van der Waals surface area contributed by atoms with Crippen molar-refractivity contribution in [1.82, 2.24) is 10.2 Å². The van der Waals surface area contributed by atoms with E-state index in [1.807, 2.05) is 0 Å². The molecule has 1 heterocycles. The third-order valence-corrected chi connectivity index (χ3v) is 3.50. The summed E-state index contributed by atoms with van der Waals surface area (Å²) < 4.78 is 6.31. The van der Waals surface area contributed by atoms with E-state index in [4.69, 9.17) is 10.5 Å². The van der Waals surface area contributed by atoms with Crippen molar-refractivity contribution in [2.45, 2.75) is 17.2 Å². The first-order chi connectivity index (χ1) is 6.34. The molecule has 2 N–H and O–H groups in total. The second-order valence-corrected chi connectivity index (χ2v) is 5.16. The molecule has 1 aliphatic rings. The van der Waals surface area contributed by atoms with E-state index < -0.39 is 0 Å². The normalized spacial score (nSPS) is 16.3. The molecular formula is C7H11N3OS2. The van der Waals surface area contributed by atoms with Gasteiger partial charge in [-0.15, -0.1) is 10.2 Å². The minimum Gasteiger partial charge on any atom is -0.374 e. The fourth-order valence-electron chi connectivity index (χ4n) is 0.870. The maximum absolute atomic E-state index is 5.43. The minimum atomic E-state index is 0.518. The Morgan fingerprint density at radius 1 is 1.54 bits per heavy atom. The molecular weight excluding hydrogens is 206 g/mol. The van der Waals surface area contributed by atoms with Crippen molar-refractivity contribution in [3.05, 3.63) is 0 Å². The molecule has 2 rings (SSSR count). The van der Waals surface area contributed by atoms with Crippen LogP contribution in [0.4, 0.5) is 5.13 Å². The van der Waals surface area contributed by atoms with Crippen molar-refractivity contribution in [2.24, 2.45) is 5.92 Å². The first-order valence-corrected chi connectivity index (χ1v) is 5.94. The third kappa shape index (κ3) is 3.13. The summed E-state index contributed by atoms with van der Waals surface area (Å²) in [5, 5.41) is 8.11. The Bertz CT molecular complexity index is 274. The van der Waals surface area contributed by atoms with Gasteiger partial charge >= 0.3 is 0 Å². The summed E-state index contributed by atoms with van der Waals surface area (Å²) in [4.78, 5) is 0. The molecule has 13 heavy (non-hydrogen) atoms. The van der Waals surface area contributed by atoms with Crippen LogP contribution < -0.4 is 5.73 Å². The Morgan fingerprint density at radius 2 is 2.38 bits per heavy atom. The Kier molecular flexibility index (Phi) is 3.02. The quantitative estimate of drug-likeness (QED) is 0.461. The summed E-state index contributed by atoms with van der Waals surface area (Å²) in [6, 6.07) is 0. The van der Waals surface area contributed by atoms with Crippen LogP contribution in [0.3, 0.4) is 0 Å². The maximum atomic E-state index is 5.43. The van der Waals surface area contributed by atoms with E-state index in [2.05, 4.69) is 10.2 Å². The molecule has 0 aliphatic heterocycles. The number of rotatable bonds is 5. The van der Waals surface area contributed by atoms with Crippen LogP contribution in [0.15, 0.2) is 4.34 Å².